The van der Waals surface area contributed by atoms with Crippen LogP contribution >= 0.6 is 11.8 Å². The van der Waals surface area contributed by atoms with Gasteiger partial charge in [-0.1, -0.05) is 11.8 Å². The van der Waals surface area contributed by atoms with Crippen LogP contribution in [0.4, 0.5) is 0 Å². The van der Waals surface area contributed by atoms with Gasteiger partial charge in [0.2, 0.25) is 0 Å². The molecule has 3 aromatic rings. The number of rotatable bonds is 6. The molecule has 0 saturated heterocycles. The lowest BCUT2D eigenvalue weighted by Gasteiger charge is -2.13. The normalized spacial score (nSPS) is 13.1. The van der Waals surface area contributed by atoms with Gasteiger partial charge in [-0.15, -0.1) is 10.2 Å². The Labute approximate surface area is 145 Å². The van der Waals surface area contributed by atoms with Crippen LogP contribution in [0.3, 0.4) is 0 Å². The van der Waals surface area contributed by atoms with E-state index in [9.17, 15) is 5.11 Å². The molecule has 1 N–H and O–H groups in total. The predicted molar refractivity (Wildman–Crippen MR) is 96.3 cm³/mol. The minimum atomic E-state index is -0.480. The van der Waals surface area contributed by atoms with Crippen LogP contribution in [0.25, 0.3) is 11.0 Å². The lowest BCUT2D eigenvalue weighted by molar-refractivity contribution is 0.179. The smallest absolute Gasteiger partial charge is 0.191 e. The molecule has 0 aliphatic rings. The quantitative estimate of drug-likeness (QED) is 0.696. The molecule has 2 aromatic heterocycles. The summed E-state index contributed by atoms with van der Waals surface area (Å²) in [5, 5.41) is 19.3. The van der Waals surface area contributed by atoms with Gasteiger partial charge in [-0.25, -0.2) is 4.98 Å². The average Bonchev–Trinajstić information content (AvgIpc) is 3.14. The van der Waals surface area contributed by atoms with Gasteiger partial charge in [-0.2, -0.15) is 0 Å². The Morgan fingerprint density at radius 1 is 1.17 bits per heavy atom. The summed E-state index contributed by atoms with van der Waals surface area (Å²) in [6.45, 7) is 8.88. The summed E-state index contributed by atoms with van der Waals surface area (Å²) in [5.41, 5.74) is 4.50. The van der Waals surface area contributed by atoms with Gasteiger partial charge in [0.25, 0.3) is 0 Å². The summed E-state index contributed by atoms with van der Waals surface area (Å²) in [7, 11) is 0. The van der Waals surface area contributed by atoms with Gasteiger partial charge in [-0.3, -0.25) is 0 Å². The van der Waals surface area contributed by atoms with E-state index < -0.39 is 6.10 Å². The van der Waals surface area contributed by atoms with Crippen molar-refractivity contribution in [2.24, 2.45) is 0 Å². The molecule has 7 heteroatoms. The molecule has 1 unspecified atom stereocenters. The number of fused-ring (bicyclic) bond motifs is 1. The number of aliphatic hydroxyl groups excluding tert-OH is 1. The van der Waals surface area contributed by atoms with Gasteiger partial charge >= 0.3 is 0 Å². The molecule has 3 rings (SSSR count). The van der Waals surface area contributed by atoms with Crippen LogP contribution in [0.2, 0.25) is 0 Å². The van der Waals surface area contributed by atoms with E-state index in [4.69, 9.17) is 0 Å². The standard InChI is InChI=1S/C17H23N5OS/c1-11(2)22-10-19-20-17(22)24-8-14(23)7-21-9-18-15-5-12(3)13(4)6-16(15)21/h5-6,9-11,14,23H,7-8H2,1-4H3. The second-order valence-electron chi connectivity index (χ2n) is 6.40. The molecule has 2 heterocycles. The number of thioether (sulfide) groups is 1. The number of imidazole rings is 1. The zero-order valence-electron chi connectivity index (χ0n) is 14.5. The van der Waals surface area contributed by atoms with Crippen LogP contribution < -0.4 is 0 Å². The van der Waals surface area contributed by atoms with Crippen molar-refractivity contribution in [2.75, 3.05) is 5.75 Å². The van der Waals surface area contributed by atoms with E-state index in [0.717, 1.165) is 16.2 Å². The number of aryl methyl sites for hydroxylation is 2. The molecule has 1 atom stereocenters. The van der Waals surface area contributed by atoms with Crippen molar-refractivity contribution in [1.29, 1.82) is 0 Å². The predicted octanol–water partition coefficient (Wildman–Crippen LogP) is 2.98. The summed E-state index contributed by atoms with van der Waals surface area (Å²) in [5.74, 6) is 0.565. The third kappa shape index (κ3) is 3.47. The van der Waals surface area contributed by atoms with Gasteiger partial charge in [0, 0.05) is 11.8 Å². The Morgan fingerprint density at radius 3 is 2.67 bits per heavy atom. The van der Waals surface area contributed by atoms with Crippen molar-refractivity contribution in [3.05, 3.63) is 35.9 Å². The number of hydrogen-bond donors (Lipinski definition) is 1. The van der Waals surface area contributed by atoms with Gasteiger partial charge in [0.05, 0.1) is 30.0 Å². The summed E-state index contributed by atoms with van der Waals surface area (Å²) in [4.78, 5) is 4.44. The Morgan fingerprint density at radius 2 is 1.92 bits per heavy atom. The second kappa shape index (κ2) is 6.94. The first-order chi connectivity index (χ1) is 11.5. The topological polar surface area (TPSA) is 68.8 Å². The fourth-order valence-corrected chi connectivity index (χ4v) is 3.56. The van der Waals surface area contributed by atoms with Crippen molar-refractivity contribution in [1.82, 2.24) is 24.3 Å². The molecule has 6 nitrogen and oxygen atoms in total. The number of nitrogens with zero attached hydrogens (tertiary/aromatic N) is 5. The highest BCUT2D eigenvalue weighted by molar-refractivity contribution is 7.99. The zero-order valence-corrected chi connectivity index (χ0v) is 15.3. The van der Waals surface area contributed by atoms with Crippen molar-refractivity contribution in [3.8, 4) is 0 Å². The van der Waals surface area contributed by atoms with E-state index in [1.807, 2.05) is 9.13 Å². The number of hydrogen-bond acceptors (Lipinski definition) is 5. The fourth-order valence-electron chi connectivity index (χ4n) is 2.60. The van der Waals surface area contributed by atoms with Crippen LogP contribution in [-0.4, -0.2) is 41.3 Å². The maximum Gasteiger partial charge on any atom is 0.191 e. The van der Waals surface area contributed by atoms with Crippen LogP contribution in [0.1, 0.15) is 31.0 Å². The van der Waals surface area contributed by atoms with Crippen LogP contribution in [0, 0.1) is 13.8 Å². The van der Waals surface area contributed by atoms with Crippen molar-refractivity contribution in [3.63, 3.8) is 0 Å². The first kappa shape index (κ1) is 17.0. The van der Waals surface area contributed by atoms with E-state index in [0.29, 0.717) is 18.3 Å². The fraction of sp³-hybridized carbons (Fsp3) is 0.471. The zero-order chi connectivity index (χ0) is 17.3. The highest BCUT2D eigenvalue weighted by atomic mass is 32.2. The molecule has 0 fully saturated rings. The molecular formula is C17H23N5OS. The molecule has 0 aliphatic carbocycles. The van der Waals surface area contributed by atoms with Crippen molar-refractivity contribution >= 4 is 22.8 Å². The minimum absolute atomic E-state index is 0.309. The number of benzene rings is 1. The van der Waals surface area contributed by atoms with Crippen LogP contribution in [0.15, 0.2) is 29.9 Å². The lowest BCUT2D eigenvalue weighted by Crippen LogP contribution is -2.18. The highest BCUT2D eigenvalue weighted by Crippen LogP contribution is 2.22. The number of aliphatic hydroxyl groups is 1. The maximum absolute atomic E-state index is 10.4. The minimum Gasteiger partial charge on any atom is -0.390 e. The van der Waals surface area contributed by atoms with Gasteiger partial charge in [-0.05, 0) is 51.0 Å². The third-order valence-corrected chi connectivity index (χ3v) is 5.25. The molecule has 128 valence electrons. The SMILES string of the molecule is Cc1cc2ncn(CC(O)CSc3nncn3C(C)C)c2cc1C. The third-order valence-electron chi connectivity index (χ3n) is 4.15. The Kier molecular flexibility index (Phi) is 4.91. The summed E-state index contributed by atoms with van der Waals surface area (Å²) >= 11 is 1.53. The summed E-state index contributed by atoms with van der Waals surface area (Å²) in [6.07, 6.45) is 3.05. The van der Waals surface area contributed by atoms with E-state index in [1.54, 1.807) is 12.7 Å². The van der Waals surface area contributed by atoms with Crippen LogP contribution in [0.5, 0.6) is 0 Å². The Bertz CT molecular complexity index is 839. The van der Waals surface area contributed by atoms with Gasteiger partial charge in [0.15, 0.2) is 5.16 Å². The van der Waals surface area contributed by atoms with Gasteiger partial charge in [0.1, 0.15) is 6.33 Å². The highest BCUT2D eigenvalue weighted by Gasteiger charge is 2.13. The van der Waals surface area contributed by atoms with Gasteiger partial charge < -0.3 is 14.2 Å². The summed E-state index contributed by atoms with van der Waals surface area (Å²) in [6, 6.07) is 4.53. The summed E-state index contributed by atoms with van der Waals surface area (Å²) < 4.78 is 4.02. The van der Waals surface area contributed by atoms with Crippen molar-refractivity contribution in [2.45, 2.75) is 51.5 Å². The second-order valence-corrected chi connectivity index (χ2v) is 7.39. The molecule has 0 radical (unpaired) electrons. The van der Waals surface area contributed by atoms with E-state index >= 15 is 0 Å². The monoisotopic (exact) mass is 345 g/mol. The molecule has 1 aromatic carbocycles. The molecule has 0 spiro atoms. The molecule has 0 amide bonds. The van der Waals surface area contributed by atoms with Crippen LogP contribution in [-0.2, 0) is 6.54 Å². The Hall–Kier alpha value is -1.86. The molecular weight excluding hydrogens is 322 g/mol. The first-order valence-corrected chi connectivity index (χ1v) is 9.06. The van der Waals surface area contributed by atoms with E-state index in [-0.39, 0.29) is 0 Å². The van der Waals surface area contributed by atoms with E-state index in [2.05, 4.69) is 55.0 Å². The average molecular weight is 345 g/mol. The molecule has 0 aliphatic heterocycles. The largest absolute Gasteiger partial charge is 0.390 e. The Balaban J connectivity index is 1.68. The van der Waals surface area contributed by atoms with Crippen molar-refractivity contribution < 1.29 is 5.11 Å². The first-order valence-electron chi connectivity index (χ1n) is 8.08. The van der Waals surface area contributed by atoms with E-state index in [1.165, 1.54) is 22.9 Å². The maximum atomic E-state index is 10.4. The number of aromatic nitrogens is 5. The lowest BCUT2D eigenvalue weighted by atomic mass is 10.1. The molecule has 0 bridgehead atoms. The molecule has 0 saturated carbocycles. The molecule has 24 heavy (non-hydrogen) atoms.